The Bertz CT molecular complexity index is 356. The van der Waals surface area contributed by atoms with Crippen molar-refractivity contribution in [2.75, 3.05) is 20.6 Å². The maximum absolute atomic E-state index is 10.9. The van der Waals surface area contributed by atoms with Gasteiger partial charge in [0.2, 0.25) is 0 Å². The summed E-state index contributed by atoms with van der Waals surface area (Å²) in [7, 11) is 3.97. The van der Waals surface area contributed by atoms with Gasteiger partial charge in [0, 0.05) is 5.57 Å². The van der Waals surface area contributed by atoms with Gasteiger partial charge < -0.3 is 15.1 Å². The number of carboxylic acids is 2. The summed E-state index contributed by atoms with van der Waals surface area (Å²) in [6, 6.07) is 0. The molecule has 0 rings (SSSR count). The summed E-state index contributed by atoms with van der Waals surface area (Å²) in [4.78, 5) is 23.6. The number of unbranched alkanes of at least 4 members (excludes halogenated alkanes) is 2. The molecule has 0 saturated heterocycles. The molecule has 0 aromatic rings. The van der Waals surface area contributed by atoms with Crippen LogP contribution in [-0.4, -0.2) is 47.7 Å². The van der Waals surface area contributed by atoms with E-state index < -0.39 is 11.9 Å². The Balaban J connectivity index is 4.39. The first kappa shape index (κ1) is 16.4. The first-order valence-corrected chi connectivity index (χ1v) is 5.84. The number of nitrogens with zero attached hydrogens (tertiary/aromatic N) is 1. The zero-order valence-electron chi connectivity index (χ0n) is 11.1. The highest BCUT2D eigenvalue weighted by atomic mass is 16.4. The maximum Gasteiger partial charge on any atom is 0.335 e. The number of rotatable bonds is 8. The summed E-state index contributed by atoms with van der Waals surface area (Å²) in [5, 5.41) is 17.6. The van der Waals surface area contributed by atoms with Crippen molar-refractivity contribution >= 4 is 11.9 Å². The number of carbonyl (C=O) groups is 2. The van der Waals surface area contributed by atoms with Crippen LogP contribution in [-0.2, 0) is 9.59 Å². The molecule has 0 aliphatic carbocycles. The van der Waals surface area contributed by atoms with Crippen LogP contribution in [0.4, 0.5) is 0 Å². The molecular formula is C13H21NO4. The van der Waals surface area contributed by atoms with Gasteiger partial charge in [0.15, 0.2) is 0 Å². The molecule has 0 aliphatic rings. The molecule has 0 amide bonds. The molecule has 2 N–H and O–H groups in total. The van der Waals surface area contributed by atoms with Crippen LogP contribution in [0.3, 0.4) is 0 Å². The molecule has 0 spiro atoms. The van der Waals surface area contributed by atoms with E-state index in [1.807, 2.05) is 14.1 Å². The fourth-order valence-electron chi connectivity index (χ4n) is 1.33. The van der Waals surface area contributed by atoms with E-state index >= 15 is 0 Å². The summed E-state index contributed by atoms with van der Waals surface area (Å²) in [5.74, 6) is -2.20. The van der Waals surface area contributed by atoms with Gasteiger partial charge in [-0.3, -0.25) is 0 Å². The minimum absolute atomic E-state index is 0.0249. The number of aliphatic carboxylic acids is 2. The van der Waals surface area contributed by atoms with Gasteiger partial charge in [0.25, 0.3) is 0 Å². The normalized spacial score (nSPS) is 12.9. The summed E-state index contributed by atoms with van der Waals surface area (Å²) in [6.07, 6.45) is 5.27. The Morgan fingerprint density at radius 3 is 2.17 bits per heavy atom. The van der Waals surface area contributed by atoms with Gasteiger partial charge in [-0.15, -0.1) is 0 Å². The largest absolute Gasteiger partial charge is 0.478 e. The zero-order chi connectivity index (χ0) is 14.1. The van der Waals surface area contributed by atoms with Gasteiger partial charge in [-0.2, -0.15) is 0 Å². The quantitative estimate of drug-likeness (QED) is 0.392. The van der Waals surface area contributed by atoms with Crippen LogP contribution in [0.15, 0.2) is 23.3 Å². The predicted octanol–water partition coefficient (Wildman–Crippen LogP) is 1.76. The summed E-state index contributed by atoms with van der Waals surface area (Å²) >= 11 is 0. The highest BCUT2D eigenvalue weighted by Gasteiger charge is 2.07. The molecule has 0 aliphatic heterocycles. The molecule has 0 radical (unpaired) electrons. The highest BCUT2D eigenvalue weighted by molar-refractivity contribution is 5.94. The lowest BCUT2D eigenvalue weighted by molar-refractivity contribution is -0.132. The lowest BCUT2D eigenvalue weighted by Crippen LogP contribution is -2.12. The minimum Gasteiger partial charge on any atom is -0.478 e. The lowest BCUT2D eigenvalue weighted by atomic mass is 10.1. The second-order valence-electron chi connectivity index (χ2n) is 4.40. The van der Waals surface area contributed by atoms with Crippen LogP contribution in [0.1, 0.15) is 26.2 Å². The Kier molecular flexibility index (Phi) is 7.71. The Hall–Kier alpha value is -1.62. The molecule has 0 unspecified atom stereocenters. The summed E-state index contributed by atoms with van der Waals surface area (Å²) in [5.41, 5.74) is 0.0664. The van der Waals surface area contributed by atoms with E-state index in [1.54, 1.807) is 6.08 Å². The van der Waals surface area contributed by atoms with Crippen LogP contribution in [0.5, 0.6) is 0 Å². The zero-order valence-corrected chi connectivity index (χ0v) is 11.1. The fraction of sp³-hybridized carbons (Fsp3) is 0.538. The van der Waals surface area contributed by atoms with Gasteiger partial charge in [-0.1, -0.05) is 6.08 Å². The molecule has 5 nitrogen and oxygen atoms in total. The van der Waals surface area contributed by atoms with E-state index in [0.717, 1.165) is 19.4 Å². The SMILES string of the molecule is CC(=CC(=CCCCCN(C)C)C(=O)O)C(=O)O. The molecule has 0 heterocycles. The van der Waals surface area contributed by atoms with E-state index in [0.29, 0.717) is 6.42 Å². The standard InChI is InChI=1S/C13H21NO4/c1-10(12(15)16)9-11(13(17)18)7-5-4-6-8-14(2)3/h7,9H,4-6,8H2,1-3H3,(H,15,16)(H,17,18). The van der Waals surface area contributed by atoms with Crippen molar-refractivity contribution in [1.82, 2.24) is 4.90 Å². The molecule has 102 valence electrons. The number of carboxylic acid groups (broad SMARTS) is 2. The summed E-state index contributed by atoms with van der Waals surface area (Å²) in [6.45, 7) is 2.34. The predicted molar refractivity (Wildman–Crippen MR) is 69.5 cm³/mol. The van der Waals surface area contributed by atoms with Crippen molar-refractivity contribution in [3.05, 3.63) is 23.3 Å². The summed E-state index contributed by atoms with van der Waals surface area (Å²) < 4.78 is 0. The Morgan fingerprint density at radius 1 is 1.11 bits per heavy atom. The van der Waals surface area contributed by atoms with Crippen LogP contribution in [0.2, 0.25) is 0 Å². The van der Waals surface area contributed by atoms with E-state index in [-0.39, 0.29) is 11.1 Å². The van der Waals surface area contributed by atoms with E-state index in [4.69, 9.17) is 10.2 Å². The van der Waals surface area contributed by atoms with Gasteiger partial charge in [0.05, 0.1) is 5.57 Å². The fourth-order valence-corrected chi connectivity index (χ4v) is 1.33. The van der Waals surface area contributed by atoms with Gasteiger partial charge in [-0.25, -0.2) is 9.59 Å². The first-order valence-electron chi connectivity index (χ1n) is 5.84. The number of allylic oxidation sites excluding steroid dienone is 1. The minimum atomic E-state index is -1.10. The third kappa shape index (κ3) is 7.62. The number of hydrogen-bond donors (Lipinski definition) is 2. The Labute approximate surface area is 107 Å². The van der Waals surface area contributed by atoms with Crippen molar-refractivity contribution in [3.8, 4) is 0 Å². The second kappa shape index (κ2) is 8.47. The van der Waals surface area contributed by atoms with E-state index in [2.05, 4.69) is 4.90 Å². The Morgan fingerprint density at radius 2 is 1.72 bits per heavy atom. The van der Waals surface area contributed by atoms with E-state index in [1.165, 1.54) is 13.0 Å². The molecular weight excluding hydrogens is 234 g/mol. The van der Waals surface area contributed by atoms with Gasteiger partial charge in [-0.05, 0) is 52.9 Å². The van der Waals surface area contributed by atoms with Crippen molar-refractivity contribution < 1.29 is 19.8 Å². The van der Waals surface area contributed by atoms with Crippen LogP contribution < -0.4 is 0 Å². The van der Waals surface area contributed by atoms with Crippen molar-refractivity contribution in [2.45, 2.75) is 26.2 Å². The van der Waals surface area contributed by atoms with Crippen LogP contribution in [0.25, 0.3) is 0 Å². The molecule has 0 bridgehead atoms. The van der Waals surface area contributed by atoms with Crippen molar-refractivity contribution in [2.24, 2.45) is 0 Å². The number of hydrogen-bond acceptors (Lipinski definition) is 3. The van der Waals surface area contributed by atoms with Crippen molar-refractivity contribution in [1.29, 1.82) is 0 Å². The monoisotopic (exact) mass is 255 g/mol. The third-order valence-electron chi connectivity index (χ3n) is 2.38. The maximum atomic E-state index is 10.9. The van der Waals surface area contributed by atoms with E-state index in [9.17, 15) is 9.59 Å². The lowest BCUT2D eigenvalue weighted by Gasteiger charge is -2.07. The molecule has 0 aromatic heterocycles. The molecule has 0 fully saturated rings. The van der Waals surface area contributed by atoms with Crippen molar-refractivity contribution in [3.63, 3.8) is 0 Å². The third-order valence-corrected chi connectivity index (χ3v) is 2.38. The smallest absolute Gasteiger partial charge is 0.335 e. The average Bonchev–Trinajstić information content (AvgIpc) is 2.25. The topological polar surface area (TPSA) is 77.8 Å². The van der Waals surface area contributed by atoms with Crippen LogP contribution >= 0.6 is 0 Å². The molecule has 0 aromatic carbocycles. The average molecular weight is 255 g/mol. The van der Waals surface area contributed by atoms with Gasteiger partial charge >= 0.3 is 11.9 Å². The highest BCUT2D eigenvalue weighted by Crippen LogP contribution is 2.07. The molecule has 0 atom stereocenters. The molecule has 18 heavy (non-hydrogen) atoms. The van der Waals surface area contributed by atoms with Crippen LogP contribution in [0, 0.1) is 0 Å². The molecule has 0 saturated carbocycles. The second-order valence-corrected chi connectivity index (χ2v) is 4.40. The molecule has 5 heteroatoms. The first-order chi connectivity index (χ1) is 8.34. The van der Waals surface area contributed by atoms with Gasteiger partial charge in [0.1, 0.15) is 0 Å².